The highest BCUT2D eigenvalue weighted by Gasteiger charge is 2.25. The van der Waals surface area contributed by atoms with Crippen molar-refractivity contribution in [3.05, 3.63) is 53.6 Å². The van der Waals surface area contributed by atoms with Gasteiger partial charge < -0.3 is 24.6 Å². The van der Waals surface area contributed by atoms with Gasteiger partial charge in [0.25, 0.3) is 5.91 Å². The number of fused-ring (bicyclic) bond motifs is 1. The van der Waals surface area contributed by atoms with Gasteiger partial charge in [-0.2, -0.15) is 0 Å². The van der Waals surface area contributed by atoms with Crippen LogP contribution in [0.3, 0.4) is 0 Å². The van der Waals surface area contributed by atoms with E-state index in [1.807, 2.05) is 14.1 Å². The molecule has 1 N–H and O–H groups in total. The van der Waals surface area contributed by atoms with Crippen LogP contribution >= 0.6 is 0 Å². The average Bonchev–Trinajstić information content (AvgIpc) is 3.23. The van der Waals surface area contributed by atoms with Crippen LogP contribution in [0, 0.1) is 0 Å². The molecule has 7 heteroatoms. The first-order valence-electron chi connectivity index (χ1n) is 10.4. The van der Waals surface area contributed by atoms with Crippen LogP contribution < -0.4 is 19.7 Å². The maximum atomic E-state index is 12.8. The van der Waals surface area contributed by atoms with Crippen LogP contribution in [0.5, 0.6) is 11.5 Å². The molecule has 0 aliphatic carbocycles. The second-order valence-electron chi connectivity index (χ2n) is 8.12. The fourth-order valence-corrected chi connectivity index (χ4v) is 3.92. The highest BCUT2D eigenvalue weighted by molar-refractivity contribution is 5.95. The molecule has 7 nitrogen and oxygen atoms in total. The fourth-order valence-electron chi connectivity index (χ4n) is 3.92. The van der Waals surface area contributed by atoms with Crippen molar-refractivity contribution in [3.63, 3.8) is 0 Å². The predicted octanol–water partition coefficient (Wildman–Crippen LogP) is 2.20. The first-order chi connectivity index (χ1) is 14.5. The number of hydrogen-bond acceptors (Lipinski definition) is 6. The number of nitrogens with one attached hydrogen (secondary N) is 1. The summed E-state index contributed by atoms with van der Waals surface area (Å²) in [7, 11) is 6.23. The third-order valence-corrected chi connectivity index (χ3v) is 5.86. The molecule has 2 heterocycles. The van der Waals surface area contributed by atoms with E-state index in [1.54, 1.807) is 18.2 Å². The van der Waals surface area contributed by atoms with Gasteiger partial charge in [-0.25, -0.2) is 0 Å². The monoisotopic (exact) mass is 410 g/mol. The Morgan fingerprint density at radius 2 is 1.73 bits per heavy atom. The fraction of sp³-hybridized carbons (Fsp3) is 0.435. The summed E-state index contributed by atoms with van der Waals surface area (Å²) in [6, 6.07) is 14.1. The molecule has 0 bridgehead atoms. The minimum absolute atomic E-state index is 0.0997. The number of hydrogen-bond donors (Lipinski definition) is 1. The second kappa shape index (κ2) is 8.93. The summed E-state index contributed by atoms with van der Waals surface area (Å²) >= 11 is 0. The van der Waals surface area contributed by atoms with E-state index in [4.69, 9.17) is 9.47 Å². The summed E-state index contributed by atoms with van der Waals surface area (Å²) < 4.78 is 10.7. The highest BCUT2D eigenvalue weighted by Crippen LogP contribution is 2.32. The van der Waals surface area contributed by atoms with Crippen LogP contribution in [-0.4, -0.2) is 76.4 Å². The van der Waals surface area contributed by atoms with E-state index in [-0.39, 0.29) is 18.7 Å². The van der Waals surface area contributed by atoms with Crippen molar-refractivity contribution in [1.82, 2.24) is 15.1 Å². The van der Waals surface area contributed by atoms with Crippen LogP contribution in [0.1, 0.15) is 22.0 Å². The van der Waals surface area contributed by atoms with Gasteiger partial charge >= 0.3 is 0 Å². The maximum absolute atomic E-state index is 12.8. The Hall–Kier alpha value is -2.77. The Kier molecular flexibility index (Phi) is 6.11. The summed E-state index contributed by atoms with van der Waals surface area (Å²) in [5.74, 6) is 1.21. The van der Waals surface area contributed by atoms with Crippen LogP contribution in [0.4, 0.5) is 5.69 Å². The molecule has 1 atom stereocenters. The van der Waals surface area contributed by atoms with Gasteiger partial charge in [-0.3, -0.25) is 9.69 Å². The number of carbonyl (C=O) groups is 1. The Labute approximate surface area is 178 Å². The Bertz CT molecular complexity index is 877. The molecular formula is C23H30N4O3. The van der Waals surface area contributed by atoms with Gasteiger partial charge in [0.15, 0.2) is 11.5 Å². The summed E-state index contributed by atoms with van der Waals surface area (Å²) in [6.07, 6.45) is 0. The lowest BCUT2D eigenvalue weighted by Crippen LogP contribution is -2.48. The molecule has 1 amide bonds. The molecule has 2 aliphatic heterocycles. The number of likely N-dealkylation sites (N-methyl/N-ethyl adjacent to an activating group) is 1. The molecule has 2 aliphatic rings. The first kappa shape index (κ1) is 20.5. The molecule has 2 aromatic carbocycles. The van der Waals surface area contributed by atoms with Crippen molar-refractivity contribution in [1.29, 1.82) is 0 Å². The van der Waals surface area contributed by atoms with E-state index in [0.717, 1.165) is 26.2 Å². The third-order valence-electron chi connectivity index (χ3n) is 5.86. The van der Waals surface area contributed by atoms with Gasteiger partial charge in [0.2, 0.25) is 6.79 Å². The molecule has 1 saturated heterocycles. The van der Waals surface area contributed by atoms with Gasteiger partial charge in [-0.05, 0) is 42.9 Å². The van der Waals surface area contributed by atoms with Gasteiger partial charge in [0.1, 0.15) is 0 Å². The molecular weight excluding hydrogens is 380 g/mol. The van der Waals surface area contributed by atoms with Crippen LogP contribution in [0.25, 0.3) is 0 Å². The zero-order chi connectivity index (χ0) is 21.1. The minimum Gasteiger partial charge on any atom is -0.454 e. The van der Waals surface area contributed by atoms with Crippen molar-refractivity contribution < 1.29 is 14.3 Å². The first-order valence-corrected chi connectivity index (χ1v) is 10.4. The van der Waals surface area contributed by atoms with Crippen LogP contribution in [0.15, 0.2) is 42.5 Å². The molecule has 0 radical (unpaired) electrons. The van der Waals surface area contributed by atoms with Crippen molar-refractivity contribution >= 4 is 11.6 Å². The Morgan fingerprint density at radius 1 is 1.03 bits per heavy atom. The third kappa shape index (κ3) is 4.52. The normalized spacial score (nSPS) is 17.6. The molecule has 160 valence electrons. The molecule has 4 rings (SSSR count). The summed E-state index contributed by atoms with van der Waals surface area (Å²) in [4.78, 5) is 19.7. The molecule has 2 aromatic rings. The molecule has 0 aromatic heterocycles. The number of rotatable bonds is 6. The zero-order valence-corrected chi connectivity index (χ0v) is 17.9. The summed E-state index contributed by atoms with van der Waals surface area (Å²) in [5, 5.41) is 3.13. The van der Waals surface area contributed by atoms with Crippen molar-refractivity contribution in [2.45, 2.75) is 6.04 Å². The SMILES string of the molecule is CN1CCN([C@H](CNC(=O)c2ccc3c(c2)OCO3)c2ccc(N(C)C)cc2)CC1. The largest absolute Gasteiger partial charge is 0.454 e. The quantitative estimate of drug-likeness (QED) is 0.788. The molecule has 0 unspecified atom stereocenters. The lowest BCUT2D eigenvalue weighted by Gasteiger charge is -2.38. The zero-order valence-electron chi connectivity index (χ0n) is 17.9. The number of benzene rings is 2. The van der Waals surface area contributed by atoms with E-state index in [9.17, 15) is 4.79 Å². The molecule has 0 saturated carbocycles. The topological polar surface area (TPSA) is 57.3 Å². The van der Waals surface area contributed by atoms with Gasteiger partial charge in [-0.1, -0.05) is 12.1 Å². The highest BCUT2D eigenvalue weighted by atomic mass is 16.7. The Morgan fingerprint density at radius 3 is 2.43 bits per heavy atom. The predicted molar refractivity (Wildman–Crippen MR) is 117 cm³/mol. The number of nitrogens with zero attached hydrogens (tertiary/aromatic N) is 3. The number of anilines is 1. The molecule has 0 spiro atoms. The lowest BCUT2D eigenvalue weighted by atomic mass is 10.0. The number of piperazine rings is 1. The van der Waals surface area contributed by atoms with Crippen LogP contribution in [-0.2, 0) is 0 Å². The van der Waals surface area contributed by atoms with Crippen molar-refractivity contribution in [3.8, 4) is 11.5 Å². The average molecular weight is 411 g/mol. The summed E-state index contributed by atoms with van der Waals surface area (Å²) in [5.41, 5.74) is 2.97. The van der Waals surface area contributed by atoms with Gasteiger partial charge in [0, 0.05) is 58.1 Å². The minimum atomic E-state index is -0.0997. The van der Waals surface area contributed by atoms with E-state index in [2.05, 4.69) is 51.3 Å². The maximum Gasteiger partial charge on any atom is 0.251 e. The Balaban J connectivity index is 1.48. The smallest absolute Gasteiger partial charge is 0.251 e. The summed E-state index contributed by atoms with van der Waals surface area (Å²) in [6.45, 7) is 4.78. The lowest BCUT2D eigenvalue weighted by molar-refractivity contribution is 0.0886. The van der Waals surface area contributed by atoms with Gasteiger partial charge in [0.05, 0.1) is 6.04 Å². The van der Waals surface area contributed by atoms with E-state index in [1.165, 1.54) is 11.3 Å². The van der Waals surface area contributed by atoms with E-state index in [0.29, 0.717) is 23.6 Å². The van der Waals surface area contributed by atoms with Crippen LogP contribution in [0.2, 0.25) is 0 Å². The van der Waals surface area contributed by atoms with E-state index >= 15 is 0 Å². The standard InChI is InChI=1S/C23H30N4O3/c1-25(2)19-7-4-17(5-8-19)20(27-12-10-26(3)11-13-27)15-24-23(28)18-6-9-21-22(14-18)30-16-29-21/h4-9,14,20H,10-13,15-16H2,1-3H3,(H,24,28)/t20-/m1/s1. The molecule has 30 heavy (non-hydrogen) atoms. The number of carbonyl (C=O) groups excluding carboxylic acids is 1. The van der Waals surface area contributed by atoms with Crippen molar-refractivity contribution in [2.75, 3.05) is 65.6 Å². The van der Waals surface area contributed by atoms with Crippen molar-refractivity contribution in [2.24, 2.45) is 0 Å². The van der Waals surface area contributed by atoms with Gasteiger partial charge in [-0.15, -0.1) is 0 Å². The van der Waals surface area contributed by atoms with E-state index < -0.39 is 0 Å². The number of ether oxygens (including phenoxy) is 2. The number of amides is 1. The molecule has 1 fully saturated rings. The second-order valence-corrected chi connectivity index (χ2v) is 8.12.